The first-order valence-corrected chi connectivity index (χ1v) is 9.61. The Morgan fingerprint density at radius 3 is 2.72 bits per heavy atom. The molecule has 1 amide bonds. The molecule has 25 heavy (non-hydrogen) atoms. The van der Waals surface area contributed by atoms with Crippen molar-refractivity contribution in [3.63, 3.8) is 0 Å². The maximum absolute atomic E-state index is 12.1. The van der Waals surface area contributed by atoms with Crippen molar-refractivity contribution in [1.29, 1.82) is 0 Å². The fourth-order valence-electron chi connectivity index (χ4n) is 2.27. The number of aromatic nitrogens is 3. The Labute approximate surface area is 153 Å². The van der Waals surface area contributed by atoms with Crippen molar-refractivity contribution in [3.05, 3.63) is 18.4 Å². The van der Waals surface area contributed by atoms with Gasteiger partial charge >= 0.3 is 0 Å². The van der Waals surface area contributed by atoms with E-state index in [1.54, 1.807) is 6.26 Å². The van der Waals surface area contributed by atoms with E-state index in [1.807, 2.05) is 16.7 Å². The van der Waals surface area contributed by atoms with Gasteiger partial charge in [-0.05, 0) is 29.9 Å². The standard InChI is InChI=1S/C18H28N4O2S/c1-13(2)11-22-16(14-7-6-10-24-14)20-21-17(22)25-12-15(23)19-9-8-18(3,4)5/h6-7,10,13H,8-9,11-12H2,1-5H3,(H,19,23). The summed E-state index contributed by atoms with van der Waals surface area (Å²) in [5.41, 5.74) is 0.218. The number of furan rings is 1. The summed E-state index contributed by atoms with van der Waals surface area (Å²) >= 11 is 1.41. The lowest BCUT2D eigenvalue weighted by Crippen LogP contribution is -2.28. The molecule has 0 aromatic carbocycles. The number of amides is 1. The van der Waals surface area contributed by atoms with E-state index in [0.717, 1.165) is 18.1 Å². The first-order valence-electron chi connectivity index (χ1n) is 8.63. The van der Waals surface area contributed by atoms with Crippen molar-refractivity contribution >= 4 is 17.7 Å². The highest BCUT2D eigenvalue weighted by molar-refractivity contribution is 7.99. The third-order valence-electron chi connectivity index (χ3n) is 3.54. The van der Waals surface area contributed by atoms with E-state index in [2.05, 4.69) is 50.1 Å². The maximum Gasteiger partial charge on any atom is 0.230 e. The summed E-state index contributed by atoms with van der Waals surface area (Å²) in [4.78, 5) is 12.1. The second kappa shape index (κ2) is 8.56. The highest BCUT2D eigenvalue weighted by Crippen LogP contribution is 2.25. The second-order valence-electron chi connectivity index (χ2n) is 7.74. The molecule has 0 aliphatic carbocycles. The lowest BCUT2D eigenvalue weighted by Gasteiger charge is -2.18. The van der Waals surface area contributed by atoms with E-state index in [9.17, 15) is 4.79 Å². The molecule has 2 rings (SSSR count). The smallest absolute Gasteiger partial charge is 0.230 e. The highest BCUT2D eigenvalue weighted by Gasteiger charge is 2.18. The molecule has 0 saturated carbocycles. The van der Waals surface area contributed by atoms with Gasteiger partial charge in [0, 0.05) is 13.1 Å². The molecule has 7 heteroatoms. The molecule has 138 valence electrons. The first kappa shape index (κ1) is 19.6. The van der Waals surface area contributed by atoms with Gasteiger partial charge in [0.25, 0.3) is 0 Å². The fraction of sp³-hybridized carbons (Fsp3) is 0.611. The molecule has 1 N–H and O–H groups in total. The number of thioether (sulfide) groups is 1. The van der Waals surface area contributed by atoms with Gasteiger partial charge in [-0.3, -0.25) is 9.36 Å². The molecule has 0 unspecified atom stereocenters. The van der Waals surface area contributed by atoms with Crippen LogP contribution in [0.3, 0.4) is 0 Å². The maximum atomic E-state index is 12.1. The number of nitrogens with zero attached hydrogens (tertiary/aromatic N) is 3. The quantitative estimate of drug-likeness (QED) is 0.721. The van der Waals surface area contributed by atoms with Crippen LogP contribution in [0.1, 0.15) is 41.0 Å². The number of rotatable bonds is 8. The molecule has 0 saturated heterocycles. The zero-order valence-corrected chi connectivity index (χ0v) is 16.5. The molecule has 0 aliphatic heterocycles. The Bertz CT molecular complexity index is 672. The van der Waals surface area contributed by atoms with Gasteiger partial charge in [-0.15, -0.1) is 10.2 Å². The Hall–Kier alpha value is -1.76. The predicted molar refractivity (Wildman–Crippen MR) is 100 cm³/mol. The van der Waals surface area contributed by atoms with Gasteiger partial charge in [0.2, 0.25) is 5.91 Å². The van der Waals surface area contributed by atoms with Crippen LogP contribution in [0.5, 0.6) is 0 Å². The van der Waals surface area contributed by atoms with Gasteiger partial charge in [0.05, 0.1) is 12.0 Å². The minimum Gasteiger partial charge on any atom is -0.461 e. The van der Waals surface area contributed by atoms with E-state index >= 15 is 0 Å². The highest BCUT2D eigenvalue weighted by atomic mass is 32.2. The average molecular weight is 365 g/mol. The molecule has 2 heterocycles. The summed E-state index contributed by atoms with van der Waals surface area (Å²) in [6, 6.07) is 3.70. The van der Waals surface area contributed by atoms with E-state index in [4.69, 9.17) is 4.42 Å². The molecule has 0 fully saturated rings. The Balaban J connectivity index is 1.98. The molecule has 0 radical (unpaired) electrons. The monoisotopic (exact) mass is 364 g/mol. The average Bonchev–Trinajstić information content (AvgIpc) is 3.12. The number of carbonyl (C=O) groups is 1. The van der Waals surface area contributed by atoms with Gasteiger partial charge in [0.1, 0.15) is 0 Å². The topological polar surface area (TPSA) is 73.0 Å². The normalized spacial score (nSPS) is 11.9. The Kier molecular flexibility index (Phi) is 6.70. The van der Waals surface area contributed by atoms with E-state index in [1.165, 1.54) is 11.8 Å². The SMILES string of the molecule is CC(C)Cn1c(SCC(=O)NCCC(C)(C)C)nnc1-c1ccco1. The van der Waals surface area contributed by atoms with Crippen LogP contribution in [-0.2, 0) is 11.3 Å². The molecule has 2 aromatic rings. The molecule has 0 atom stereocenters. The third kappa shape index (κ3) is 6.23. The van der Waals surface area contributed by atoms with Crippen LogP contribution in [0.25, 0.3) is 11.6 Å². The minimum absolute atomic E-state index is 0.0212. The molecular weight excluding hydrogens is 336 g/mol. The zero-order chi connectivity index (χ0) is 18.4. The molecule has 0 aliphatic rings. The second-order valence-corrected chi connectivity index (χ2v) is 8.68. The summed E-state index contributed by atoms with van der Waals surface area (Å²) in [7, 11) is 0. The number of hydrogen-bond donors (Lipinski definition) is 1. The number of hydrogen-bond acceptors (Lipinski definition) is 5. The number of carbonyl (C=O) groups excluding carboxylic acids is 1. The Morgan fingerprint density at radius 1 is 1.36 bits per heavy atom. The van der Waals surface area contributed by atoms with Crippen LogP contribution in [-0.4, -0.2) is 33.0 Å². The zero-order valence-electron chi connectivity index (χ0n) is 15.7. The van der Waals surface area contributed by atoms with Crippen molar-refractivity contribution < 1.29 is 9.21 Å². The van der Waals surface area contributed by atoms with Crippen LogP contribution in [0.4, 0.5) is 0 Å². The lowest BCUT2D eigenvalue weighted by atomic mass is 9.92. The summed E-state index contributed by atoms with van der Waals surface area (Å²) < 4.78 is 7.48. The van der Waals surface area contributed by atoms with E-state index in [-0.39, 0.29) is 11.3 Å². The third-order valence-corrected chi connectivity index (χ3v) is 4.50. The van der Waals surface area contributed by atoms with Crippen molar-refractivity contribution in [3.8, 4) is 11.6 Å². The van der Waals surface area contributed by atoms with E-state index < -0.39 is 0 Å². The van der Waals surface area contributed by atoms with Crippen LogP contribution in [0, 0.1) is 11.3 Å². The lowest BCUT2D eigenvalue weighted by molar-refractivity contribution is -0.118. The van der Waals surface area contributed by atoms with Gasteiger partial charge < -0.3 is 9.73 Å². The van der Waals surface area contributed by atoms with Crippen molar-refractivity contribution in [2.75, 3.05) is 12.3 Å². The van der Waals surface area contributed by atoms with Gasteiger partial charge in [-0.2, -0.15) is 0 Å². The van der Waals surface area contributed by atoms with Crippen LogP contribution in [0.15, 0.2) is 28.0 Å². The molecular formula is C18H28N4O2S. The van der Waals surface area contributed by atoms with Crippen LogP contribution in [0.2, 0.25) is 0 Å². The summed E-state index contributed by atoms with van der Waals surface area (Å²) in [6.45, 7) is 12.2. The summed E-state index contributed by atoms with van der Waals surface area (Å²) in [5, 5.41) is 12.2. The molecule has 0 spiro atoms. The van der Waals surface area contributed by atoms with Crippen LogP contribution >= 0.6 is 11.8 Å². The largest absolute Gasteiger partial charge is 0.461 e. The van der Waals surface area contributed by atoms with Crippen LogP contribution < -0.4 is 5.32 Å². The van der Waals surface area contributed by atoms with Crippen molar-refractivity contribution in [2.24, 2.45) is 11.3 Å². The molecule has 2 aromatic heterocycles. The summed E-state index contributed by atoms with van der Waals surface area (Å²) in [6.07, 6.45) is 2.58. The minimum atomic E-state index is 0.0212. The Morgan fingerprint density at radius 2 is 2.12 bits per heavy atom. The summed E-state index contributed by atoms with van der Waals surface area (Å²) in [5.74, 6) is 2.18. The van der Waals surface area contributed by atoms with Crippen molar-refractivity contribution in [2.45, 2.75) is 52.7 Å². The van der Waals surface area contributed by atoms with Crippen molar-refractivity contribution in [1.82, 2.24) is 20.1 Å². The predicted octanol–water partition coefficient (Wildman–Crippen LogP) is 3.84. The van der Waals surface area contributed by atoms with Gasteiger partial charge in [-0.25, -0.2) is 0 Å². The first-order chi connectivity index (χ1) is 11.8. The van der Waals surface area contributed by atoms with Gasteiger partial charge in [0.15, 0.2) is 16.7 Å². The molecule has 0 bridgehead atoms. The fourth-order valence-corrected chi connectivity index (χ4v) is 3.05. The van der Waals surface area contributed by atoms with E-state index in [0.29, 0.717) is 29.8 Å². The molecule has 6 nitrogen and oxygen atoms in total. The van der Waals surface area contributed by atoms with Gasteiger partial charge in [-0.1, -0.05) is 46.4 Å². The number of nitrogens with one attached hydrogen (secondary N) is 1.